The van der Waals surface area contributed by atoms with Crippen molar-refractivity contribution in [3.05, 3.63) is 112 Å². The SMILES string of the molecule is C[C@@H](COc1ccnc2c1[C@H](C)CCC2)CC1Cc2ccc(OCCCC(=O)N(C)CCc3cccc(OCCN4CCCC4)c3)cc2C12CCC(Nc1cccc(Cl)c1)(C(=O)O)CC2. The predicted octanol–water partition coefficient (Wildman–Crippen LogP) is 10.5. The van der Waals surface area contributed by atoms with Gasteiger partial charge >= 0.3 is 5.97 Å². The van der Waals surface area contributed by atoms with Crippen molar-refractivity contribution >= 4 is 29.2 Å². The zero-order valence-electron chi connectivity index (χ0n) is 38.8. The lowest BCUT2D eigenvalue weighted by Gasteiger charge is -2.47. The lowest BCUT2D eigenvalue weighted by atomic mass is 9.59. The van der Waals surface area contributed by atoms with E-state index in [0.717, 1.165) is 80.0 Å². The minimum absolute atomic E-state index is 0.106. The highest BCUT2D eigenvalue weighted by Gasteiger charge is 2.54. The number of halogens is 1. The number of fused-ring (bicyclic) bond motifs is 3. The average molecular weight is 906 g/mol. The molecule has 4 aliphatic rings. The van der Waals surface area contributed by atoms with E-state index in [1.807, 2.05) is 48.5 Å². The molecule has 2 fully saturated rings. The van der Waals surface area contributed by atoms with Gasteiger partial charge in [-0.2, -0.15) is 0 Å². The number of hydrogen-bond donors (Lipinski definition) is 2. The Morgan fingerprint density at radius 3 is 2.54 bits per heavy atom. The maximum absolute atomic E-state index is 13.2. The molecule has 65 heavy (non-hydrogen) atoms. The van der Waals surface area contributed by atoms with Crippen LogP contribution in [0.5, 0.6) is 17.2 Å². The second-order valence-corrected chi connectivity index (χ2v) is 20.0. The second-order valence-electron chi connectivity index (χ2n) is 19.6. The monoisotopic (exact) mass is 904 g/mol. The van der Waals surface area contributed by atoms with E-state index in [4.69, 9.17) is 25.8 Å². The summed E-state index contributed by atoms with van der Waals surface area (Å²) < 4.78 is 19.1. The van der Waals surface area contributed by atoms with Gasteiger partial charge < -0.3 is 29.5 Å². The number of rotatable bonds is 20. The molecule has 0 bridgehead atoms. The predicted molar refractivity (Wildman–Crippen MR) is 258 cm³/mol. The van der Waals surface area contributed by atoms with E-state index in [2.05, 4.69) is 59.4 Å². The molecule has 3 atom stereocenters. The van der Waals surface area contributed by atoms with Crippen LogP contribution >= 0.6 is 11.6 Å². The van der Waals surface area contributed by atoms with E-state index in [1.165, 1.54) is 54.7 Å². The molecule has 8 rings (SSSR count). The van der Waals surface area contributed by atoms with Crippen molar-refractivity contribution in [1.29, 1.82) is 0 Å². The molecule has 2 N–H and O–H groups in total. The van der Waals surface area contributed by atoms with Crippen LogP contribution in [0.4, 0.5) is 5.69 Å². The molecule has 4 aromatic rings. The maximum Gasteiger partial charge on any atom is 0.329 e. The third-order valence-corrected chi connectivity index (χ3v) is 15.2. The Morgan fingerprint density at radius 1 is 0.954 bits per heavy atom. The first-order valence-corrected chi connectivity index (χ1v) is 24.7. The van der Waals surface area contributed by atoms with Gasteiger partial charge in [-0.1, -0.05) is 49.7 Å². The van der Waals surface area contributed by atoms with Gasteiger partial charge in [-0.3, -0.25) is 14.7 Å². The number of aliphatic carboxylic acids is 1. The van der Waals surface area contributed by atoms with Crippen molar-refractivity contribution in [2.75, 3.05) is 58.4 Å². The summed E-state index contributed by atoms with van der Waals surface area (Å²) in [6.45, 7) is 10.2. The second kappa shape index (κ2) is 21.2. The van der Waals surface area contributed by atoms with E-state index < -0.39 is 11.5 Å². The van der Waals surface area contributed by atoms with Gasteiger partial charge in [0, 0.05) is 54.7 Å². The topological polar surface area (TPSA) is 113 Å². The number of carbonyl (C=O) groups excluding carboxylic acids is 1. The molecule has 1 aromatic heterocycles. The molecule has 10 nitrogen and oxygen atoms in total. The number of benzene rings is 3. The van der Waals surface area contributed by atoms with E-state index in [0.29, 0.717) is 68.9 Å². The molecule has 3 aliphatic carbocycles. The fourth-order valence-electron chi connectivity index (χ4n) is 11.3. The van der Waals surface area contributed by atoms with Crippen molar-refractivity contribution in [2.45, 2.75) is 121 Å². The Kier molecular flexibility index (Phi) is 15.3. The molecule has 1 aliphatic heterocycles. The van der Waals surface area contributed by atoms with Crippen LogP contribution in [0.15, 0.2) is 79.0 Å². The number of ether oxygens (including phenoxy) is 3. The van der Waals surface area contributed by atoms with E-state index in [1.54, 1.807) is 12.1 Å². The number of carboxylic acids is 1. The summed E-state index contributed by atoms with van der Waals surface area (Å²) in [5.41, 5.74) is 5.61. The first-order chi connectivity index (χ1) is 31.5. The summed E-state index contributed by atoms with van der Waals surface area (Å²) in [7, 11) is 1.88. The van der Waals surface area contributed by atoms with Crippen molar-refractivity contribution in [3.8, 4) is 17.2 Å². The zero-order valence-corrected chi connectivity index (χ0v) is 39.6. The lowest BCUT2D eigenvalue weighted by Crippen LogP contribution is -2.53. The largest absolute Gasteiger partial charge is 0.494 e. The van der Waals surface area contributed by atoms with Gasteiger partial charge in [0.1, 0.15) is 29.4 Å². The third kappa shape index (κ3) is 11.3. The maximum atomic E-state index is 13.2. The number of likely N-dealkylation sites (tertiary alicyclic amines) is 1. The highest BCUT2D eigenvalue weighted by Crippen LogP contribution is 2.57. The van der Waals surface area contributed by atoms with Crippen LogP contribution in [0.2, 0.25) is 5.02 Å². The minimum Gasteiger partial charge on any atom is -0.494 e. The summed E-state index contributed by atoms with van der Waals surface area (Å²) in [4.78, 5) is 35.3. The van der Waals surface area contributed by atoms with Gasteiger partial charge in [0.2, 0.25) is 5.91 Å². The number of carboxylic acid groups (broad SMARTS) is 1. The van der Waals surface area contributed by atoms with Crippen molar-refractivity contribution in [2.24, 2.45) is 11.8 Å². The van der Waals surface area contributed by atoms with Crippen LogP contribution in [0.1, 0.15) is 118 Å². The molecule has 1 spiro atoms. The number of aromatic nitrogens is 1. The minimum atomic E-state index is -1.10. The van der Waals surface area contributed by atoms with Crippen LogP contribution < -0.4 is 19.5 Å². The van der Waals surface area contributed by atoms with Gasteiger partial charge in [-0.05, 0) is 185 Å². The van der Waals surface area contributed by atoms with Crippen LogP contribution in [-0.4, -0.2) is 90.4 Å². The highest BCUT2D eigenvalue weighted by molar-refractivity contribution is 6.30. The molecule has 1 saturated carbocycles. The third-order valence-electron chi connectivity index (χ3n) is 15.0. The fourth-order valence-corrected chi connectivity index (χ4v) is 11.5. The molecule has 2 heterocycles. The van der Waals surface area contributed by atoms with Crippen LogP contribution in [0.25, 0.3) is 0 Å². The lowest BCUT2D eigenvalue weighted by molar-refractivity contribution is -0.144. The van der Waals surface area contributed by atoms with E-state index >= 15 is 0 Å². The molecule has 1 unspecified atom stereocenters. The van der Waals surface area contributed by atoms with Gasteiger partial charge in [0.25, 0.3) is 0 Å². The molecular weight excluding hydrogens is 836 g/mol. The van der Waals surface area contributed by atoms with Gasteiger partial charge in [0.05, 0.1) is 13.2 Å². The number of anilines is 1. The first-order valence-electron chi connectivity index (χ1n) is 24.3. The van der Waals surface area contributed by atoms with Crippen molar-refractivity contribution < 1.29 is 28.9 Å². The number of likely N-dealkylation sites (N-methyl/N-ethyl adjacent to an activating group) is 1. The Morgan fingerprint density at radius 2 is 1.74 bits per heavy atom. The summed E-state index contributed by atoms with van der Waals surface area (Å²) in [6.07, 6.45) is 13.9. The highest BCUT2D eigenvalue weighted by atomic mass is 35.5. The normalized spacial score (nSPS) is 23.1. The van der Waals surface area contributed by atoms with Crippen LogP contribution in [0.3, 0.4) is 0 Å². The van der Waals surface area contributed by atoms with E-state index in [-0.39, 0.29) is 17.2 Å². The number of nitrogens with one attached hydrogen (secondary N) is 1. The van der Waals surface area contributed by atoms with Crippen LogP contribution in [-0.2, 0) is 34.3 Å². The first kappa shape index (κ1) is 46.7. The molecule has 3 aromatic carbocycles. The Hall–Kier alpha value is -4.80. The number of hydrogen-bond acceptors (Lipinski definition) is 8. The van der Waals surface area contributed by atoms with Crippen molar-refractivity contribution in [1.82, 2.24) is 14.8 Å². The Balaban J connectivity index is 0.888. The number of pyridine rings is 1. The summed E-state index contributed by atoms with van der Waals surface area (Å²) in [5, 5.41) is 14.7. The number of aryl methyl sites for hydroxylation is 1. The van der Waals surface area contributed by atoms with Crippen LogP contribution in [0, 0.1) is 11.8 Å². The van der Waals surface area contributed by atoms with Gasteiger partial charge in [0.15, 0.2) is 0 Å². The number of amides is 1. The molecule has 1 amide bonds. The zero-order chi connectivity index (χ0) is 45.4. The fraction of sp³-hybridized carbons (Fsp3) is 0.537. The molecule has 0 radical (unpaired) electrons. The Bertz CT molecular complexity index is 2250. The van der Waals surface area contributed by atoms with E-state index in [9.17, 15) is 14.7 Å². The van der Waals surface area contributed by atoms with Gasteiger partial charge in [-0.25, -0.2) is 4.79 Å². The summed E-state index contributed by atoms with van der Waals surface area (Å²) in [5.74, 6) is 2.97. The molecule has 11 heteroatoms. The molecule has 348 valence electrons. The average Bonchev–Trinajstić information content (AvgIpc) is 3.93. The quantitative estimate of drug-likeness (QED) is 0.0837. The van der Waals surface area contributed by atoms with Gasteiger partial charge in [-0.15, -0.1) is 0 Å². The number of carbonyl (C=O) groups is 2. The standard InChI is InChI=1S/C54H69ClN4O6/c1-38(37-65-49-19-25-56-48-15-6-10-39(2)51(48)49)32-42-34-41-17-18-46(36-47(41)53(42)21-23-54(24-22-53,52(61)62)57-44-13-8-12-43(55)35-44)63-30-9-16-50(60)58(3)28-20-40-11-7-14-45(33-40)64-31-29-59-26-4-5-27-59/h7-8,11-14,17-19,25,33,35-36,38-39,42,57H,4-6,9-10,15-16,20-24,26-32,34,37H2,1-3H3,(H,61,62)/t38-,39-,42?,53?,54?/m1/s1. The Labute approximate surface area is 391 Å². The summed E-state index contributed by atoms with van der Waals surface area (Å²) in [6, 6.07) is 24.1. The number of nitrogens with zero attached hydrogens (tertiary/aromatic N) is 3. The molecular formula is C54H69ClN4O6. The molecule has 1 saturated heterocycles. The summed E-state index contributed by atoms with van der Waals surface area (Å²) >= 11 is 6.33. The van der Waals surface area contributed by atoms with Crippen molar-refractivity contribution in [3.63, 3.8) is 0 Å². The smallest absolute Gasteiger partial charge is 0.329 e.